The molecule has 1 amide bonds. The number of carbonyl (C=O) groups excluding carboxylic acids is 1. The summed E-state index contributed by atoms with van der Waals surface area (Å²) >= 11 is 0. The van der Waals surface area contributed by atoms with Crippen molar-refractivity contribution in [1.82, 2.24) is 5.32 Å². The van der Waals surface area contributed by atoms with Gasteiger partial charge in [-0.3, -0.25) is 4.79 Å². The van der Waals surface area contributed by atoms with Gasteiger partial charge in [-0.2, -0.15) is 0 Å². The molecule has 2 N–H and O–H groups in total. The highest BCUT2D eigenvalue weighted by atomic mass is 16.5. The first kappa shape index (κ1) is 16.7. The van der Waals surface area contributed by atoms with Gasteiger partial charge in [0.15, 0.2) is 0 Å². The second-order valence-electron chi connectivity index (χ2n) is 5.16. The van der Waals surface area contributed by atoms with Gasteiger partial charge >= 0.3 is 0 Å². The van der Waals surface area contributed by atoms with Crippen LogP contribution in [0.25, 0.3) is 0 Å². The Hall–Kier alpha value is -1.63. The van der Waals surface area contributed by atoms with Gasteiger partial charge in [0.2, 0.25) is 5.91 Å². The van der Waals surface area contributed by atoms with Crippen LogP contribution in [0.2, 0.25) is 0 Å². The first-order valence-corrected chi connectivity index (χ1v) is 7.72. The summed E-state index contributed by atoms with van der Waals surface area (Å²) in [7, 11) is 1.66. The minimum Gasteiger partial charge on any atom is -0.383 e. The maximum absolute atomic E-state index is 12.1. The van der Waals surface area contributed by atoms with Crippen molar-refractivity contribution in [3.8, 4) is 0 Å². The molecule has 1 aromatic rings. The molecule has 0 saturated carbocycles. The third kappa shape index (κ3) is 5.29. The lowest BCUT2D eigenvalue weighted by Gasteiger charge is -2.30. The summed E-state index contributed by atoms with van der Waals surface area (Å²) in [4.78, 5) is 14.3. The van der Waals surface area contributed by atoms with Gasteiger partial charge in [-0.1, -0.05) is 12.1 Å². The van der Waals surface area contributed by atoms with Gasteiger partial charge in [0.1, 0.15) is 0 Å². The van der Waals surface area contributed by atoms with E-state index in [-0.39, 0.29) is 5.91 Å². The first-order chi connectivity index (χ1) is 10.8. The number of methoxy groups -OCH3 is 1. The Balaban J connectivity index is 1.85. The zero-order valence-electron chi connectivity index (χ0n) is 13.1. The fourth-order valence-corrected chi connectivity index (χ4v) is 2.37. The van der Waals surface area contributed by atoms with E-state index in [1.54, 1.807) is 7.11 Å². The van der Waals surface area contributed by atoms with Crippen molar-refractivity contribution in [3.63, 3.8) is 0 Å². The second kappa shape index (κ2) is 9.40. The molecule has 2 rings (SSSR count). The fourth-order valence-electron chi connectivity index (χ4n) is 2.37. The van der Waals surface area contributed by atoms with Gasteiger partial charge in [-0.25, -0.2) is 0 Å². The summed E-state index contributed by atoms with van der Waals surface area (Å²) in [5, 5.41) is 6.17. The SMILES string of the molecule is COCCNCCC(=O)Nc1ccccc1N1CCOCC1. The van der Waals surface area contributed by atoms with Gasteiger partial charge in [-0.05, 0) is 12.1 Å². The number of amides is 1. The van der Waals surface area contributed by atoms with Crippen LogP contribution in [0.3, 0.4) is 0 Å². The number of morpholine rings is 1. The highest BCUT2D eigenvalue weighted by Gasteiger charge is 2.15. The standard InChI is InChI=1S/C16H25N3O3/c1-21-11-8-17-7-6-16(20)18-14-4-2-3-5-15(14)19-9-12-22-13-10-19/h2-5,17H,6-13H2,1H3,(H,18,20). The Morgan fingerprint density at radius 3 is 2.82 bits per heavy atom. The van der Waals surface area contributed by atoms with Crippen molar-refractivity contribution in [1.29, 1.82) is 0 Å². The molecule has 1 aliphatic heterocycles. The Morgan fingerprint density at radius 1 is 1.27 bits per heavy atom. The van der Waals surface area contributed by atoms with Crippen LogP contribution in [0.15, 0.2) is 24.3 Å². The van der Waals surface area contributed by atoms with Crippen LogP contribution in [-0.2, 0) is 14.3 Å². The predicted octanol–water partition coefficient (Wildman–Crippen LogP) is 1.09. The number of anilines is 2. The largest absolute Gasteiger partial charge is 0.383 e. The smallest absolute Gasteiger partial charge is 0.225 e. The Bertz CT molecular complexity index is 462. The number of hydrogen-bond acceptors (Lipinski definition) is 5. The monoisotopic (exact) mass is 307 g/mol. The van der Waals surface area contributed by atoms with Crippen LogP contribution >= 0.6 is 0 Å². The Kier molecular flexibility index (Phi) is 7.15. The molecular formula is C16H25N3O3. The fraction of sp³-hybridized carbons (Fsp3) is 0.562. The van der Waals surface area contributed by atoms with Gasteiger partial charge in [0, 0.05) is 39.7 Å². The lowest BCUT2D eigenvalue weighted by molar-refractivity contribution is -0.116. The van der Waals surface area contributed by atoms with Crippen LogP contribution in [0.4, 0.5) is 11.4 Å². The van der Waals surface area contributed by atoms with E-state index in [9.17, 15) is 4.79 Å². The normalized spacial score (nSPS) is 14.9. The highest BCUT2D eigenvalue weighted by Crippen LogP contribution is 2.26. The maximum Gasteiger partial charge on any atom is 0.225 e. The molecule has 0 atom stereocenters. The minimum absolute atomic E-state index is 0.0191. The maximum atomic E-state index is 12.1. The Morgan fingerprint density at radius 2 is 2.05 bits per heavy atom. The first-order valence-electron chi connectivity index (χ1n) is 7.72. The van der Waals surface area contributed by atoms with E-state index in [2.05, 4.69) is 15.5 Å². The lowest BCUT2D eigenvalue weighted by Crippen LogP contribution is -2.36. The summed E-state index contributed by atoms with van der Waals surface area (Å²) in [6.45, 7) is 5.22. The van der Waals surface area contributed by atoms with Crippen LogP contribution in [0, 0.1) is 0 Å². The lowest BCUT2D eigenvalue weighted by atomic mass is 10.2. The number of rotatable bonds is 8. The zero-order chi connectivity index (χ0) is 15.6. The van der Waals surface area contributed by atoms with Crippen molar-refractivity contribution < 1.29 is 14.3 Å². The molecule has 22 heavy (non-hydrogen) atoms. The third-order valence-corrected chi connectivity index (χ3v) is 3.54. The number of nitrogens with one attached hydrogen (secondary N) is 2. The van der Waals surface area contributed by atoms with E-state index >= 15 is 0 Å². The van der Waals surface area contributed by atoms with E-state index in [4.69, 9.17) is 9.47 Å². The van der Waals surface area contributed by atoms with E-state index in [0.29, 0.717) is 19.6 Å². The number of benzene rings is 1. The molecule has 6 heteroatoms. The van der Waals surface area contributed by atoms with Crippen LogP contribution in [0.5, 0.6) is 0 Å². The molecule has 0 aliphatic carbocycles. The third-order valence-electron chi connectivity index (χ3n) is 3.54. The van der Waals surface area contributed by atoms with E-state index in [1.165, 1.54) is 0 Å². The van der Waals surface area contributed by atoms with Crippen molar-refractivity contribution >= 4 is 17.3 Å². The van der Waals surface area contributed by atoms with E-state index < -0.39 is 0 Å². The zero-order valence-corrected chi connectivity index (χ0v) is 13.1. The van der Waals surface area contributed by atoms with Crippen molar-refractivity contribution in [3.05, 3.63) is 24.3 Å². The predicted molar refractivity (Wildman–Crippen MR) is 87.5 cm³/mol. The molecule has 1 fully saturated rings. The number of carbonyl (C=O) groups is 1. The highest BCUT2D eigenvalue weighted by molar-refractivity contribution is 5.94. The molecule has 1 saturated heterocycles. The molecule has 0 spiro atoms. The molecule has 1 aromatic carbocycles. The van der Waals surface area contributed by atoms with E-state index in [0.717, 1.165) is 44.2 Å². The summed E-state index contributed by atoms with van der Waals surface area (Å²) < 4.78 is 10.3. The summed E-state index contributed by atoms with van der Waals surface area (Å²) in [5.41, 5.74) is 1.93. The van der Waals surface area contributed by atoms with Crippen molar-refractivity contribution in [2.75, 3.05) is 63.3 Å². The quantitative estimate of drug-likeness (QED) is 0.704. The van der Waals surface area contributed by atoms with Gasteiger partial charge in [0.25, 0.3) is 0 Å². The Labute approximate surface area is 131 Å². The van der Waals surface area contributed by atoms with E-state index in [1.807, 2.05) is 24.3 Å². The summed E-state index contributed by atoms with van der Waals surface area (Å²) in [6.07, 6.45) is 0.446. The van der Waals surface area contributed by atoms with Crippen molar-refractivity contribution in [2.45, 2.75) is 6.42 Å². The van der Waals surface area contributed by atoms with Gasteiger partial charge in [-0.15, -0.1) is 0 Å². The van der Waals surface area contributed by atoms with Crippen molar-refractivity contribution in [2.24, 2.45) is 0 Å². The van der Waals surface area contributed by atoms with Crippen LogP contribution in [0.1, 0.15) is 6.42 Å². The molecular weight excluding hydrogens is 282 g/mol. The molecule has 0 radical (unpaired) electrons. The second-order valence-corrected chi connectivity index (χ2v) is 5.16. The van der Waals surface area contributed by atoms with Gasteiger partial charge < -0.3 is 25.0 Å². The molecule has 0 aromatic heterocycles. The summed E-state index contributed by atoms with van der Waals surface area (Å²) in [6, 6.07) is 7.92. The number of para-hydroxylation sites is 2. The average molecular weight is 307 g/mol. The van der Waals surface area contributed by atoms with Crippen LogP contribution in [-0.4, -0.2) is 59.0 Å². The topological polar surface area (TPSA) is 62.8 Å². The molecule has 0 bridgehead atoms. The summed E-state index contributed by atoms with van der Waals surface area (Å²) in [5.74, 6) is 0.0191. The molecule has 0 unspecified atom stereocenters. The number of nitrogens with zero attached hydrogens (tertiary/aromatic N) is 1. The molecule has 1 heterocycles. The molecule has 6 nitrogen and oxygen atoms in total. The van der Waals surface area contributed by atoms with Crippen LogP contribution < -0.4 is 15.5 Å². The average Bonchev–Trinajstić information content (AvgIpc) is 2.56. The number of hydrogen-bond donors (Lipinski definition) is 2. The molecule has 122 valence electrons. The van der Waals surface area contributed by atoms with Gasteiger partial charge in [0.05, 0.1) is 31.2 Å². The minimum atomic E-state index is 0.0191. The molecule has 1 aliphatic rings. The number of ether oxygens (including phenoxy) is 2.